The molecular formula is C48H40IrN2O2-2. The van der Waals surface area contributed by atoms with Gasteiger partial charge >= 0.3 is 0 Å². The van der Waals surface area contributed by atoms with E-state index in [-0.39, 0.29) is 25.5 Å². The number of benzene rings is 5. The van der Waals surface area contributed by atoms with Gasteiger partial charge in [-0.25, -0.2) is 0 Å². The Morgan fingerprint density at radius 3 is 1.92 bits per heavy atom. The van der Waals surface area contributed by atoms with Gasteiger partial charge < -0.3 is 18.8 Å². The Kier molecular flexibility index (Phi) is 9.67. The molecule has 9 rings (SSSR count). The first kappa shape index (κ1) is 36.0. The zero-order valence-corrected chi connectivity index (χ0v) is 33.4. The molecular weight excluding hydrogens is 829 g/mol. The number of pyridine rings is 2. The molecule has 0 atom stereocenters. The van der Waals surface area contributed by atoms with Gasteiger partial charge in [-0.05, 0) is 78.0 Å². The third-order valence-electron chi connectivity index (χ3n) is 9.95. The van der Waals surface area contributed by atoms with E-state index < -0.39 is 0 Å². The molecule has 5 aromatic carbocycles. The molecule has 1 radical (unpaired) electrons. The summed E-state index contributed by atoms with van der Waals surface area (Å²) in [5.41, 5.74) is 15.6. The average molecular weight is 869 g/mol. The molecule has 4 heterocycles. The van der Waals surface area contributed by atoms with Crippen LogP contribution >= 0.6 is 0 Å². The van der Waals surface area contributed by atoms with Gasteiger partial charge in [0.05, 0.1) is 0 Å². The molecule has 0 aliphatic carbocycles. The van der Waals surface area contributed by atoms with Crippen molar-refractivity contribution < 1.29 is 28.9 Å². The maximum Gasteiger partial charge on any atom is 0.179 e. The molecule has 0 fully saturated rings. The molecule has 0 spiro atoms. The first-order valence-corrected chi connectivity index (χ1v) is 17.7. The fourth-order valence-corrected chi connectivity index (χ4v) is 6.75. The van der Waals surface area contributed by atoms with E-state index in [0.717, 1.165) is 83.1 Å². The van der Waals surface area contributed by atoms with Gasteiger partial charge in [-0.15, -0.1) is 70.8 Å². The van der Waals surface area contributed by atoms with Crippen molar-refractivity contribution in [3.05, 3.63) is 155 Å². The summed E-state index contributed by atoms with van der Waals surface area (Å²) < 4.78 is 12.8. The fraction of sp³-hybridized carbons (Fsp3) is 0.167. The Balaban J connectivity index is 0.000000229. The van der Waals surface area contributed by atoms with Gasteiger partial charge in [0.1, 0.15) is 11.2 Å². The van der Waals surface area contributed by atoms with Crippen LogP contribution < -0.4 is 0 Å². The van der Waals surface area contributed by atoms with Crippen molar-refractivity contribution in [2.75, 3.05) is 0 Å². The van der Waals surface area contributed by atoms with Crippen LogP contribution in [0.3, 0.4) is 0 Å². The Bertz CT molecular complexity index is 2770. The number of hydrogen-bond acceptors (Lipinski definition) is 4. The van der Waals surface area contributed by atoms with E-state index in [1.807, 2.05) is 54.9 Å². The fourth-order valence-electron chi connectivity index (χ4n) is 6.75. The molecule has 0 saturated heterocycles. The summed E-state index contributed by atoms with van der Waals surface area (Å²) in [6.45, 7) is 15.0. The molecule has 0 unspecified atom stereocenters. The van der Waals surface area contributed by atoms with Gasteiger partial charge in [-0.3, -0.25) is 0 Å². The molecule has 9 aromatic rings. The zero-order chi connectivity index (χ0) is 36.1. The molecule has 0 saturated carbocycles. The maximum absolute atomic E-state index is 6.45. The number of aromatic nitrogens is 2. The number of furan rings is 2. The van der Waals surface area contributed by atoms with Crippen LogP contribution in [-0.4, -0.2) is 9.97 Å². The van der Waals surface area contributed by atoms with Gasteiger partial charge in [0.25, 0.3) is 0 Å². The zero-order valence-electron chi connectivity index (χ0n) is 31.0. The Labute approximate surface area is 324 Å². The maximum atomic E-state index is 6.45. The van der Waals surface area contributed by atoms with Crippen molar-refractivity contribution in [2.45, 2.75) is 53.9 Å². The van der Waals surface area contributed by atoms with Crippen LogP contribution in [0.15, 0.2) is 124 Å². The standard InChI is InChI=1S/C34H26NO2.C14H14N.Ir/c1-20-19-35-28(21-10-9-11-22(16-21)34(2,3)4)18-25(20)26-17-27-23-12-5-7-14-29(23)36-32(27)33-31(26)24-13-6-8-15-30(24)37-33;1-10-4-6-13(7-5-10)14-8-11(2)12(3)9-15-14;/h5-9,11-19H,1-4H3;4-6,8-9H,1-3H3;/q2*-1;. The van der Waals surface area contributed by atoms with Crippen LogP contribution in [0.5, 0.6) is 0 Å². The average Bonchev–Trinajstić information content (AvgIpc) is 3.72. The van der Waals surface area contributed by atoms with Crippen LogP contribution in [0.4, 0.5) is 0 Å². The van der Waals surface area contributed by atoms with Gasteiger partial charge in [-0.1, -0.05) is 81.8 Å². The van der Waals surface area contributed by atoms with Crippen LogP contribution in [0.2, 0.25) is 0 Å². The summed E-state index contributed by atoms with van der Waals surface area (Å²) in [5, 5.41) is 4.28. The van der Waals surface area contributed by atoms with Gasteiger partial charge in [0.15, 0.2) is 11.2 Å². The van der Waals surface area contributed by atoms with Crippen LogP contribution in [0.1, 0.15) is 48.6 Å². The molecule has 0 amide bonds. The summed E-state index contributed by atoms with van der Waals surface area (Å²) in [6.07, 6.45) is 3.88. The molecule has 0 aliphatic rings. The molecule has 0 N–H and O–H groups in total. The van der Waals surface area contributed by atoms with Crippen molar-refractivity contribution in [1.29, 1.82) is 0 Å². The van der Waals surface area contributed by atoms with Crippen LogP contribution in [0, 0.1) is 39.8 Å². The largest absolute Gasteiger partial charge is 0.452 e. The predicted octanol–water partition coefficient (Wildman–Crippen LogP) is 13.1. The number of para-hydroxylation sites is 2. The van der Waals surface area contributed by atoms with Gasteiger partial charge in [0.2, 0.25) is 0 Å². The van der Waals surface area contributed by atoms with E-state index in [9.17, 15) is 0 Å². The number of fused-ring (bicyclic) bond motifs is 7. The van der Waals surface area contributed by atoms with Crippen LogP contribution in [0.25, 0.3) is 77.5 Å². The summed E-state index contributed by atoms with van der Waals surface area (Å²) in [4.78, 5) is 9.22. The second-order valence-corrected chi connectivity index (χ2v) is 14.8. The third-order valence-corrected chi connectivity index (χ3v) is 9.95. The van der Waals surface area contributed by atoms with Crippen molar-refractivity contribution in [3.8, 4) is 33.6 Å². The van der Waals surface area contributed by atoms with E-state index in [0.29, 0.717) is 0 Å². The van der Waals surface area contributed by atoms with E-state index in [1.54, 1.807) is 0 Å². The minimum Gasteiger partial charge on any atom is -0.452 e. The van der Waals surface area contributed by atoms with Crippen LogP contribution in [-0.2, 0) is 25.5 Å². The van der Waals surface area contributed by atoms with Gasteiger partial charge in [0, 0.05) is 54.0 Å². The number of hydrogen-bond donors (Lipinski definition) is 0. The molecule has 0 aliphatic heterocycles. The Morgan fingerprint density at radius 2 is 1.23 bits per heavy atom. The van der Waals surface area contributed by atoms with Crippen molar-refractivity contribution >= 4 is 43.9 Å². The second-order valence-electron chi connectivity index (χ2n) is 14.8. The predicted molar refractivity (Wildman–Crippen MR) is 215 cm³/mol. The van der Waals surface area contributed by atoms with Gasteiger partial charge in [-0.2, -0.15) is 0 Å². The molecule has 53 heavy (non-hydrogen) atoms. The topological polar surface area (TPSA) is 52.1 Å². The number of aryl methyl sites for hydroxylation is 4. The normalized spacial score (nSPS) is 11.5. The van der Waals surface area contributed by atoms with E-state index in [4.69, 9.17) is 13.8 Å². The number of rotatable bonds is 3. The van der Waals surface area contributed by atoms with E-state index in [1.165, 1.54) is 22.3 Å². The van der Waals surface area contributed by atoms with Crippen molar-refractivity contribution in [1.82, 2.24) is 9.97 Å². The monoisotopic (exact) mass is 869 g/mol. The smallest absolute Gasteiger partial charge is 0.179 e. The minimum absolute atomic E-state index is 0. The number of nitrogens with zero attached hydrogens (tertiary/aromatic N) is 2. The molecule has 0 bridgehead atoms. The first-order valence-electron chi connectivity index (χ1n) is 17.7. The molecule has 4 nitrogen and oxygen atoms in total. The summed E-state index contributed by atoms with van der Waals surface area (Å²) >= 11 is 0. The summed E-state index contributed by atoms with van der Waals surface area (Å²) in [5.74, 6) is 0. The summed E-state index contributed by atoms with van der Waals surface area (Å²) in [7, 11) is 0. The van der Waals surface area contributed by atoms with E-state index in [2.05, 4.69) is 126 Å². The minimum atomic E-state index is 0. The third kappa shape index (κ3) is 6.83. The first-order chi connectivity index (χ1) is 25.0. The van der Waals surface area contributed by atoms with E-state index >= 15 is 0 Å². The molecule has 265 valence electrons. The second kappa shape index (κ2) is 14.2. The molecule has 5 heteroatoms. The quantitative estimate of drug-likeness (QED) is 0.166. The SMILES string of the molecule is Cc1c[c-]c(-c2cc(C)c(C)cn2)cc1.Cc1cnc(-c2[c-]ccc(C(C)(C)C)c2)cc1-c1cc2c3ccccc3oc2c2oc3ccccc3c12.[Ir]. The summed E-state index contributed by atoms with van der Waals surface area (Å²) in [6, 6.07) is 42.1. The Hall–Kier alpha value is -5.35. The Morgan fingerprint density at radius 1 is 0.566 bits per heavy atom. The van der Waals surface area contributed by atoms with Crippen molar-refractivity contribution in [2.24, 2.45) is 0 Å². The van der Waals surface area contributed by atoms with Crippen molar-refractivity contribution in [3.63, 3.8) is 0 Å². The molecule has 4 aromatic heterocycles.